The van der Waals surface area contributed by atoms with Gasteiger partial charge >= 0.3 is 0 Å². The molecule has 1 aromatic carbocycles. The van der Waals surface area contributed by atoms with Gasteiger partial charge in [0, 0.05) is 56.2 Å². The minimum Gasteiger partial charge on any atom is -0.395 e. The number of nitrogens with zero attached hydrogens (tertiary/aromatic N) is 9. The van der Waals surface area contributed by atoms with E-state index in [4.69, 9.17) is 21.3 Å². The van der Waals surface area contributed by atoms with Gasteiger partial charge in [-0.2, -0.15) is 0 Å². The number of morpholine rings is 1. The number of aliphatic hydroxyl groups excluding tert-OH is 1. The molecule has 6 rings (SSSR count). The van der Waals surface area contributed by atoms with Gasteiger partial charge in [0.2, 0.25) is 11.6 Å². The maximum atomic E-state index is 13.9. The Labute approximate surface area is 230 Å². The fourth-order valence-corrected chi connectivity index (χ4v) is 4.99. The van der Waals surface area contributed by atoms with E-state index < -0.39 is 5.82 Å². The molecule has 0 aliphatic carbocycles. The zero-order valence-electron chi connectivity index (χ0n) is 21.8. The van der Waals surface area contributed by atoms with E-state index in [1.807, 2.05) is 12.4 Å². The lowest BCUT2D eigenvalue weighted by Gasteiger charge is -2.32. The van der Waals surface area contributed by atoms with E-state index in [2.05, 4.69) is 47.1 Å². The van der Waals surface area contributed by atoms with E-state index in [9.17, 15) is 4.39 Å². The highest BCUT2D eigenvalue weighted by Gasteiger charge is 2.25. The molecule has 3 aromatic heterocycles. The average Bonchev–Trinajstić information content (AvgIpc) is 3.40. The molecule has 1 unspecified atom stereocenters. The summed E-state index contributed by atoms with van der Waals surface area (Å²) in [5, 5.41) is 17.5. The van der Waals surface area contributed by atoms with E-state index >= 15 is 0 Å². The molecule has 2 aliphatic rings. The van der Waals surface area contributed by atoms with Crippen LogP contribution < -0.4 is 4.90 Å². The average molecular weight is 542 g/mol. The Balaban J connectivity index is 1.15. The summed E-state index contributed by atoms with van der Waals surface area (Å²) in [5.74, 6) is 2.55. The Morgan fingerprint density at radius 3 is 2.77 bits per heavy atom. The summed E-state index contributed by atoms with van der Waals surface area (Å²) in [7, 11) is 0. The third kappa shape index (κ3) is 5.40. The summed E-state index contributed by atoms with van der Waals surface area (Å²) >= 11 is 0. The molecule has 5 heterocycles. The van der Waals surface area contributed by atoms with Crippen LogP contribution in [0, 0.1) is 18.2 Å². The fraction of sp³-hybridized carbons (Fsp3) is 0.357. The Bertz CT molecular complexity index is 1580. The highest BCUT2D eigenvalue weighted by molar-refractivity contribution is 5.70. The van der Waals surface area contributed by atoms with Crippen molar-refractivity contribution in [3.05, 3.63) is 59.8 Å². The van der Waals surface area contributed by atoms with Crippen LogP contribution in [0.1, 0.15) is 17.5 Å². The van der Waals surface area contributed by atoms with Crippen LogP contribution in [0.3, 0.4) is 0 Å². The molecule has 11 nitrogen and oxygen atoms in total. The summed E-state index contributed by atoms with van der Waals surface area (Å²) in [6.07, 6.45) is 13.7. The molecular weight excluding hydrogens is 513 g/mol. The lowest BCUT2D eigenvalue weighted by atomic mass is 10.0. The largest absolute Gasteiger partial charge is 0.395 e. The summed E-state index contributed by atoms with van der Waals surface area (Å²) in [6, 6.07) is 4.51. The highest BCUT2D eigenvalue weighted by Crippen LogP contribution is 2.24. The number of halogens is 1. The SMILES string of the molecule is C#Cc1cc(-c2cnc3nnn(CC4CN(c5ncc(C6=CCN(CCO)CC6)cn5)CCO4)c3n2)ccc1F. The first-order valence-corrected chi connectivity index (χ1v) is 13.2. The van der Waals surface area contributed by atoms with Gasteiger partial charge in [-0.25, -0.2) is 29.0 Å². The topological polar surface area (TPSA) is 118 Å². The van der Waals surface area contributed by atoms with Gasteiger partial charge in [-0.05, 0) is 30.2 Å². The standard InChI is InChI=1S/C28H28FN9O2/c1-2-19-13-21(3-4-24(19)29)25-16-30-26-27(33-25)38(35-34-26)18-23-17-37(10-12-40-23)28-31-14-22(15-32-28)20-5-7-36(8-6-20)9-11-39/h1,3-5,13-16,23,39H,6-12,17-18H2. The second-order valence-corrected chi connectivity index (χ2v) is 9.73. The summed E-state index contributed by atoms with van der Waals surface area (Å²) in [5.41, 5.74) is 4.53. The van der Waals surface area contributed by atoms with Crippen molar-refractivity contribution in [1.82, 2.24) is 39.8 Å². The van der Waals surface area contributed by atoms with E-state index in [0.29, 0.717) is 61.3 Å². The fourth-order valence-electron chi connectivity index (χ4n) is 4.99. The van der Waals surface area contributed by atoms with Crippen molar-refractivity contribution in [3.8, 4) is 23.6 Å². The van der Waals surface area contributed by atoms with Gasteiger partial charge in [-0.3, -0.25) is 4.90 Å². The number of hydrogen-bond acceptors (Lipinski definition) is 10. The van der Waals surface area contributed by atoms with Crippen LogP contribution >= 0.6 is 0 Å². The molecule has 0 saturated carbocycles. The Morgan fingerprint density at radius 2 is 2.00 bits per heavy atom. The molecule has 204 valence electrons. The first-order valence-electron chi connectivity index (χ1n) is 13.2. The predicted octanol–water partition coefficient (Wildman–Crippen LogP) is 1.79. The number of fused-ring (bicyclic) bond motifs is 1. The van der Waals surface area contributed by atoms with Crippen LogP contribution in [0.2, 0.25) is 0 Å². The second kappa shape index (κ2) is 11.4. The predicted molar refractivity (Wildman–Crippen MR) is 147 cm³/mol. The molecule has 1 N–H and O–H groups in total. The Hall–Kier alpha value is -4.31. The first-order chi connectivity index (χ1) is 19.6. The second-order valence-electron chi connectivity index (χ2n) is 9.73. The number of ether oxygens (including phenoxy) is 1. The summed E-state index contributed by atoms with van der Waals surface area (Å²) in [6.45, 7) is 4.80. The highest BCUT2D eigenvalue weighted by atomic mass is 19.1. The van der Waals surface area contributed by atoms with Crippen molar-refractivity contribution in [2.75, 3.05) is 50.8 Å². The third-order valence-corrected chi connectivity index (χ3v) is 7.16. The molecule has 1 saturated heterocycles. The lowest BCUT2D eigenvalue weighted by Crippen LogP contribution is -2.45. The van der Waals surface area contributed by atoms with E-state index in [-0.39, 0.29) is 18.3 Å². The van der Waals surface area contributed by atoms with Crippen LogP contribution in [0.25, 0.3) is 28.1 Å². The minimum absolute atomic E-state index is 0.164. The van der Waals surface area contributed by atoms with Gasteiger partial charge in [0.15, 0.2) is 5.65 Å². The summed E-state index contributed by atoms with van der Waals surface area (Å²) in [4.78, 5) is 22.7. The Morgan fingerprint density at radius 1 is 1.12 bits per heavy atom. The van der Waals surface area contributed by atoms with Crippen LogP contribution in [0.4, 0.5) is 10.3 Å². The number of aliphatic hydroxyl groups is 1. The van der Waals surface area contributed by atoms with Gasteiger partial charge in [0.1, 0.15) is 5.82 Å². The van der Waals surface area contributed by atoms with E-state index in [0.717, 1.165) is 25.1 Å². The van der Waals surface area contributed by atoms with Crippen molar-refractivity contribution >= 4 is 22.8 Å². The van der Waals surface area contributed by atoms with Crippen molar-refractivity contribution < 1.29 is 14.2 Å². The number of anilines is 1. The molecule has 12 heteroatoms. The monoisotopic (exact) mass is 541 g/mol. The third-order valence-electron chi connectivity index (χ3n) is 7.16. The number of aromatic nitrogens is 7. The smallest absolute Gasteiger partial charge is 0.225 e. The maximum absolute atomic E-state index is 13.9. The lowest BCUT2D eigenvalue weighted by molar-refractivity contribution is 0.0273. The van der Waals surface area contributed by atoms with Crippen LogP contribution in [0.15, 0.2) is 42.9 Å². The maximum Gasteiger partial charge on any atom is 0.225 e. The van der Waals surface area contributed by atoms with E-state index in [1.165, 1.54) is 11.6 Å². The van der Waals surface area contributed by atoms with Crippen LogP contribution in [-0.4, -0.2) is 97.0 Å². The van der Waals surface area contributed by atoms with Gasteiger partial charge in [0.25, 0.3) is 0 Å². The van der Waals surface area contributed by atoms with E-state index in [1.54, 1.807) is 23.0 Å². The molecule has 1 fully saturated rings. The Kier molecular flexibility index (Phi) is 7.41. The van der Waals surface area contributed by atoms with Gasteiger partial charge in [0.05, 0.1) is 43.3 Å². The zero-order chi connectivity index (χ0) is 27.5. The molecule has 1 atom stereocenters. The minimum atomic E-state index is -0.457. The van der Waals surface area contributed by atoms with Gasteiger partial charge in [-0.1, -0.05) is 17.2 Å². The molecule has 0 radical (unpaired) electrons. The molecular formula is C28H28FN9O2. The first kappa shape index (κ1) is 25.9. The van der Waals surface area contributed by atoms with Crippen molar-refractivity contribution in [2.45, 2.75) is 19.1 Å². The van der Waals surface area contributed by atoms with Crippen LogP contribution in [0.5, 0.6) is 0 Å². The molecule has 2 aliphatic heterocycles. The molecule has 0 bridgehead atoms. The summed E-state index contributed by atoms with van der Waals surface area (Å²) < 4.78 is 21.6. The number of β-amino-alcohol motifs (C(OH)–C–C–N with tert-alkyl or cyclic N) is 1. The number of hydrogen-bond donors (Lipinski definition) is 1. The van der Waals surface area contributed by atoms with Crippen molar-refractivity contribution in [3.63, 3.8) is 0 Å². The normalized spacial score (nSPS) is 18.1. The van der Waals surface area contributed by atoms with Crippen molar-refractivity contribution in [2.24, 2.45) is 0 Å². The molecule has 0 amide bonds. The molecule has 0 spiro atoms. The van der Waals surface area contributed by atoms with Gasteiger partial charge < -0.3 is 14.7 Å². The number of terminal acetylenes is 1. The molecule has 4 aromatic rings. The number of rotatable bonds is 7. The van der Waals surface area contributed by atoms with Crippen molar-refractivity contribution in [1.29, 1.82) is 0 Å². The van der Waals surface area contributed by atoms with Crippen LogP contribution in [-0.2, 0) is 11.3 Å². The van der Waals surface area contributed by atoms with Gasteiger partial charge in [-0.15, -0.1) is 11.5 Å². The number of benzene rings is 1. The molecule has 40 heavy (non-hydrogen) atoms. The quantitative estimate of drug-likeness (QED) is 0.347. The zero-order valence-corrected chi connectivity index (χ0v) is 21.8.